The number of halogens is 2. The standard InChI is InChI=1S/C15H12Cl2N2O/c1-9-5-11(7-18)6-10(2)14(9)20-8-12-3-4-13(16)19-15(12)17/h3-6H,8H2,1-2H3. The number of ether oxygens (including phenoxy) is 1. The molecule has 0 bridgehead atoms. The van der Waals surface area contributed by atoms with Gasteiger partial charge in [-0.15, -0.1) is 0 Å². The van der Waals surface area contributed by atoms with Gasteiger partial charge in [0.05, 0.1) is 11.6 Å². The van der Waals surface area contributed by atoms with Crippen LogP contribution in [0.15, 0.2) is 24.3 Å². The maximum absolute atomic E-state index is 8.92. The minimum absolute atomic E-state index is 0.302. The number of hydrogen-bond acceptors (Lipinski definition) is 3. The van der Waals surface area contributed by atoms with E-state index in [1.54, 1.807) is 24.3 Å². The lowest BCUT2D eigenvalue weighted by Gasteiger charge is -2.13. The van der Waals surface area contributed by atoms with E-state index in [9.17, 15) is 0 Å². The fourth-order valence-electron chi connectivity index (χ4n) is 1.94. The summed E-state index contributed by atoms with van der Waals surface area (Å²) in [6.07, 6.45) is 0. The molecule has 2 rings (SSSR count). The molecule has 0 saturated carbocycles. The maximum atomic E-state index is 8.92. The van der Waals surface area contributed by atoms with Crippen LogP contribution >= 0.6 is 23.2 Å². The van der Waals surface area contributed by atoms with E-state index in [0.717, 1.165) is 22.4 Å². The number of rotatable bonds is 3. The summed E-state index contributed by atoms with van der Waals surface area (Å²) in [6, 6.07) is 9.17. The van der Waals surface area contributed by atoms with Gasteiger partial charge in [0.2, 0.25) is 0 Å². The number of nitrogens with zero attached hydrogens (tertiary/aromatic N) is 2. The molecule has 0 amide bonds. The van der Waals surface area contributed by atoms with E-state index in [-0.39, 0.29) is 0 Å². The van der Waals surface area contributed by atoms with Crippen molar-refractivity contribution in [1.82, 2.24) is 4.98 Å². The maximum Gasteiger partial charge on any atom is 0.137 e. The molecule has 0 fully saturated rings. The highest BCUT2D eigenvalue weighted by Gasteiger charge is 2.09. The molecule has 1 heterocycles. The fraction of sp³-hybridized carbons (Fsp3) is 0.200. The lowest BCUT2D eigenvalue weighted by atomic mass is 10.1. The number of nitriles is 1. The first-order valence-corrected chi connectivity index (χ1v) is 6.72. The Balaban J connectivity index is 2.21. The lowest BCUT2D eigenvalue weighted by Crippen LogP contribution is -2.01. The van der Waals surface area contributed by atoms with Crippen molar-refractivity contribution in [3.8, 4) is 11.8 Å². The van der Waals surface area contributed by atoms with Crippen molar-refractivity contribution in [3.63, 3.8) is 0 Å². The topological polar surface area (TPSA) is 45.9 Å². The minimum Gasteiger partial charge on any atom is -0.488 e. The molecule has 0 N–H and O–H groups in total. The van der Waals surface area contributed by atoms with Gasteiger partial charge in [0.1, 0.15) is 22.7 Å². The van der Waals surface area contributed by atoms with Crippen LogP contribution in [-0.4, -0.2) is 4.98 Å². The molecule has 5 heteroatoms. The predicted octanol–water partition coefficient (Wildman–Crippen LogP) is 4.46. The van der Waals surface area contributed by atoms with E-state index in [4.69, 9.17) is 33.2 Å². The first-order chi connectivity index (χ1) is 9.51. The Labute approximate surface area is 127 Å². The van der Waals surface area contributed by atoms with Gasteiger partial charge in [-0.3, -0.25) is 0 Å². The summed E-state index contributed by atoms with van der Waals surface area (Å²) in [5.74, 6) is 0.759. The van der Waals surface area contributed by atoms with Gasteiger partial charge in [-0.1, -0.05) is 23.2 Å². The summed E-state index contributed by atoms with van der Waals surface area (Å²) in [7, 11) is 0. The second-order valence-corrected chi connectivity index (χ2v) is 5.17. The molecule has 2 aromatic rings. The van der Waals surface area contributed by atoms with Crippen LogP contribution in [-0.2, 0) is 6.61 Å². The Kier molecular flexibility index (Phi) is 4.49. The van der Waals surface area contributed by atoms with Crippen molar-refractivity contribution in [2.24, 2.45) is 0 Å². The molecule has 0 aliphatic heterocycles. The summed E-state index contributed by atoms with van der Waals surface area (Å²) in [5.41, 5.74) is 3.22. The van der Waals surface area contributed by atoms with Crippen molar-refractivity contribution in [3.05, 3.63) is 56.8 Å². The third-order valence-electron chi connectivity index (χ3n) is 2.85. The second kappa shape index (κ2) is 6.13. The molecule has 0 atom stereocenters. The summed E-state index contributed by atoms with van der Waals surface area (Å²) in [4.78, 5) is 3.97. The smallest absolute Gasteiger partial charge is 0.137 e. The van der Waals surface area contributed by atoms with Gasteiger partial charge in [-0.2, -0.15) is 5.26 Å². The van der Waals surface area contributed by atoms with Crippen molar-refractivity contribution in [2.45, 2.75) is 20.5 Å². The summed E-state index contributed by atoms with van der Waals surface area (Å²) >= 11 is 11.8. The molecular weight excluding hydrogens is 295 g/mol. The molecule has 20 heavy (non-hydrogen) atoms. The van der Waals surface area contributed by atoms with E-state index in [1.807, 2.05) is 13.8 Å². The summed E-state index contributed by atoms with van der Waals surface area (Å²) < 4.78 is 5.80. The molecule has 0 aliphatic rings. The van der Waals surface area contributed by atoms with Gasteiger partial charge in [-0.25, -0.2) is 4.98 Å². The number of hydrogen-bond donors (Lipinski definition) is 0. The highest BCUT2D eigenvalue weighted by Crippen LogP contribution is 2.26. The van der Waals surface area contributed by atoms with Crippen LogP contribution in [0, 0.1) is 25.2 Å². The van der Waals surface area contributed by atoms with Gasteiger partial charge in [0, 0.05) is 5.56 Å². The van der Waals surface area contributed by atoms with E-state index < -0.39 is 0 Å². The van der Waals surface area contributed by atoms with Crippen molar-refractivity contribution >= 4 is 23.2 Å². The minimum atomic E-state index is 0.302. The largest absolute Gasteiger partial charge is 0.488 e. The van der Waals surface area contributed by atoms with Crippen LogP contribution in [0.2, 0.25) is 10.3 Å². The third-order valence-corrected chi connectivity index (χ3v) is 3.39. The van der Waals surface area contributed by atoms with Gasteiger partial charge in [-0.05, 0) is 49.2 Å². The Bertz CT molecular complexity index is 670. The molecular formula is C15H12Cl2N2O. The molecule has 1 aromatic carbocycles. The number of aryl methyl sites for hydroxylation is 2. The molecule has 0 radical (unpaired) electrons. The van der Waals surface area contributed by atoms with E-state index in [0.29, 0.717) is 22.5 Å². The van der Waals surface area contributed by atoms with Crippen LogP contribution in [0.1, 0.15) is 22.3 Å². The molecule has 0 spiro atoms. The van der Waals surface area contributed by atoms with Gasteiger partial charge in [0.25, 0.3) is 0 Å². The third kappa shape index (κ3) is 3.22. The predicted molar refractivity (Wildman–Crippen MR) is 79.2 cm³/mol. The van der Waals surface area contributed by atoms with E-state index in [1.165, 1.54) is 0 Å². The second-order valence-electron chi connectivity index (χ2n) is 4.42. The number of pyridine rings is 1. The Morgan fingerprint density at radius 1 is 1.20 bits per heavy atom. The lowest BCUT2D eigenvalue weighted by molar-refractivity contribution is 0.301. The van der Waals surface area contributed by atoms with Crippen LogP contribution in [0.4, 0.5) is 0 Å². The van der Waals surface area contributed by atoms with Crippen LogP contribution in [0.25, 0.3) is 0 Å². The zero-order valence-corrected chi connectivity index (χ0v) is 12.6. The molecule has 3 nitrogen and oxygen atoms in total. The first kappa shape index (κ1) is 14.6. The Morgan fingerprint density at radius 3 is 2.40 bits per heavy atom. The SMILES string of the molecule is Cc1cc(C#N)cc(C)c1OCc1ccc(Cl)nc1Cl. The van der Waals surface area contributed by atoms with Crippen molar-refractivity contribution in [2.75, 3.05) is 0 Å². The van der Waals surface area contributed by atoms with E-state index >= 15 is 0 Å². The van der Waals surface area contributed by atoms with Gasteiger partial charge >= 0.3 is 0 Å². The average molecular weight is 307 g/mol. The van der Waals surface area contributed by atoms with Gasteiger partial charge < -0.3 is 4.74 Å². The average Bonchev–Trinajstić information content (AvgIpc) is 2.39. The van der Waals surface area contributed by atoms with Gasteiger partial charge in [0.15, 0.2) is 0 Å². The molecule has 0 unspecified atom stereocenters. The molecule has 102 valence electrons. The summed E-state index contributed by atoms with van der Waals surface area (Å²) in [6.45, 7) is 4.12. The van der Waals surface area contributed by atoms with Crippen molar-refractivity contribution < 1.29 is 4.74 Å². The quantitative estimate of drug-likeness (QED) is 0.787. The highest BCUT2D eigenvalue weighted by molar-refractivity contribution is 6.32. The number of benzene rings is 1. The molecule has 0 saturated heterocycles. The van der Waals surface area contributed by atoms with Crippen LogP contribution in [0.5, 0.6) is 5.75 Å². The number of aromatic nitrogens is 1. The van der Waals surface area contributed by atoms with Crippen molar-refractivity contribution in [1.29, 1.82) is 5.26 Å². The van der Waals surface area contributed by atoms with Crippen LogP contribution in [0.3, 0.4) is 0 Å². The van der Waals surface area contributed by atoms with Crippen LogP contribution < -0.4 is 4.74 Å². The highest BCUT2D eigenvalue weighted by atomic mass is 35.5. The molecule has 1 aromatic heterocycles. The molecule has 0 aliphatic carbocycles. The Hall–Kier alpha value is -1.76. The monoisotopic (exact) mass is 306 g/mol. The fourth-order valence-corrected chi connectivity index (χ4v) is 2.34. The van der Waals surface area contributed by atoms with E-state index in [2.05, 4.69) is 11.1 Å². The summed E-state index contributed by atoms with van der Waals surface area (Å²) in [5, 5.41) is 9.60. The zero-order valence-electron chi connectivity index (χ0n) is 11.1. The Morgan fingerprint density at radius 2 is 1.85 bits per heavy atom. The zero-order chi connectivity index (χ0) is 14.7. The normalized spacial score (nSPS) is 10.2. The first-order valence-electron chi connectivity index (χ1n) is 5.96.